The lowest BCUT2D eigenvalue weighted by molar-refractivity contribution is -0.133. The minimum atomic E-state index is -0.368. The molecular weight excluding hydrogens is 352 g/mol. The molecule has 0 aliphatic heterocycles. The van der Waals surface area contributed by atoms with E-state index in [9.17, 15) is 4.79 Å². The molecule has 0 radical (unpaired) electrons. The van der Waals surface area contributed by atoms with Crippen molar-refractivity contribution in [3.63, 3.8) is 0 Å². The van der Waals surface area contributed by atoms with Crippen LogP contribution in [0.1, 0.15) is 18.6 Å². The Morgan fingerprint density at radius 2 is 1.92 bits per heavy atom. The van der Waals surface area contributed by atoms with Gasteiger partial charge in [-0.25, -0.2) is 0 Å². The molecule has 0 spiro atoms. The minimum Gasteiger partial charge on any atom is -0.492 e. The molecule has 5 nitrogen and oxygen atoms in total. The molecule has 3 rings (SSSR count). The number of benzene rings is 2. The topological polar surface area (TPSA) is 66.5 Å². The Hall–Kier alpha value is -2.50. The van der Waals surface area contributed by atoms with E-state index in [-0.39, 0.29) is 18.5 Å². The Morgan fingerprint density at radius 3 is 2.58 bits per heavy atom. The molecule has 26 heavy (non-hydrogen) atoms. The number of aromatic nitrogens is 1. The van der Waals surface area contributed by atoms with E-state index in [2.05, 4.69) is 18.2 Å². The summed E-state index contributed by atoms with van der Waals surface area (Å²) in [6.45, 7) is 3.19. The number of nitrogens with zero attached hydrogens (tertiary/aromatic N) is 1. The fourth-order valence-corrected chi connectivity index (χ4v) is 3.16. The van der Waals surface area contributed by atoms with E-state index in [1.165, 1.54) is 0 Å². The van der Waals surface area contributed by atoms with Crippen LogP contribution in [-0.2, 0) is 16.6 Å². The number of hydrogen-bond acceptors (Lipinski definition) is 4. The molecule has 0 saturated heterocycles. The summed E-state index contributed by atoms with van der Waals surface area (Å²) >= 11 is 0. The highest BCUT2D eigenvalue weighted by atomic mass is 35.5. The van der Waals surface area contributed by atoms with Gasteiger partial charge in [0.15, 0.2) is 0 Å². The quantitative estimate of drug-likeness (QED) is 0.638. The van der Waals surface area contributed by atoms with E-state index < -0.39 is 0 Å². The highest BCUT2D eigenvalue weighted by Crippen LogP contribution is 2.40. The summed E-state index contributed by atoms with van der Waals surface area (Å²) in [7, 11) is 1.98. The van der Waals surface area contributed by atoms with Crippen molar-refractivity contribution in [2.75, 3.05) is 13.2 Å². The molecule has 0 aliphatic carbocycles. The van der Waals surface area contributed by atoms with Crippen LogP contribution < -0.4 is 10.5 Å². The Labute approximate surface area is 159 Å². The predicted molar refractivity (Wildman–Crippen MR) is 106 cm³/mol. The molecular formula is C20H23ClN2O3. The second-order valence-corrected chi connectivity index (χ2v) is 5.91. The lowest BCUT2D eigenvalue weighted by Crippen LogP contribution is -2.11. The zero-order valence-corrected chi connectivity index (χ0v) is 15.7. The normalized spacial score (nSPS) is 11.7. The van der Waals surface area contributed by atoms with Crippen molar-refractivity contribution in [3.05, 3.63) is 54.2 Å². The first-order chi connectivity index (χ1) is 12.2. The van der Waals surface area contributed by atoms with E-state index in [1.807, 2.05) is 49.0 Å². The molecule has 0 amide bonds. The molecule has 0 saturated carbocycles. The second-order valence-electron chi connectivity index (χ2n) is 5.91. The number of nitrogens with two attached hydrogens (primary N) is 1. The van der Waals surface area contributed by atoms with Crippen LogP contribution in [0, 0.1) is 0 Å². The summed E-state index contributed by atoms with van der Waals surface area (Å²) in [5, 5.41) is 0.951. The summed E-state index contributed by atoms with van der Waals surface area (Å²) in [5.41, 5.74) is 9.76. The van der Waals surface area contributed by atoms with E-state index in [0.717, 1.165) is 33.3 Å². The van der Waals surface area contributed by atoms with Gasteiger partial charge in [-0.05, 0) is 24.6 Å². The lowest BCUT2D eigenvalue weighted by atomic mass is 10.00. The smallest absolute Gasteiger partial charge is 0.293 e. The van der Waals surface area contributed by atoms with Crippen LogP contribution in [0.2, 0.25) is 0 Å². The van der Waals surface area contributed by atoms with Crippen LogP contribution in [-0.4, -0.2) is 24.2 Å². The van der Waals surface area contributed by atoms with E-state index in [1.54, 1.807) is 0 Å². The van der Waals surface area contributed by atoms with Crippen LogP contribution in [0.25, 0.3) is 22.0 Å². The third kappa shape index (κ3) is 3.69. The first-order valence-electron chi connectivity index (χ1n) is 8.26. The zero-order chi connectivity index (χ0) is 17.8. The highest BCUT2D eigenvalue weighted by molar-refractivity contribution is 6.00. The first kappa shape index (κ1) is 19.8. The van der Waals surface area contributed by atoms with Crippen molar-refractivity contribution in [1.82, 2.24) is 4.57 Å². The molecule has 2 N–H and O–H groups in total. The van der Waals surface area contributed by atoms with Gasteiger partial charge in [0.1, 0.15) is 18.5 Å². The molecule has 0 aliphatic rings. The number of hydrogen-bond donors (Lipinski definition) is 1. The maximum atomic E-state index is 10.8. The van der Waals surface area contributed by atoms with Crippen LogP contribution >= 0.6 is 12.4 Å². The van der Waals surface area contributed by atoms with Crippen molar-refractivity contribution < 1.29 is 14.3 Å². The summed E-state index contributed by atoms with van der Waals surface area (Å²) in [6, 6.07) is 14.2. The fraction of sp³-hybridized carbons (Fsp3) is 0.250. The molecule has 3 aromatic rings. The number of rotatable bonds is 7. The summed E-state index contributed by atoms with van der Waals surface area (Å²) in [6.07, 6.45) is 1.62. The summed E-state index contributed by atoms with van der Waals surface area (Å²) in [4.78, 5) is 10.8. The van der Waals surface area contributed by atoms with E-state index >= 15 is 0 Å². The van der Waals surface area contributed by atoms with Gasteiger partial charge in [-0.1, -0.05) is 30.3 Å². The predicted octanol–water partition coefficient (Wildman–Crippen LogP) is 3.84. The van der Waals surface area contributed by atoms with Gasteiger partial charge in [0.05, 0.1) is 5.52 Å². The van der Waals surface area contributed by atoms with Crippen molar-refractivity contribution in [2.45, 2.75) is 13.0 Å². The minimum absolute atomic E-state index is 0. The first-order valence-corrected chi connectivity index (χ1v) is 8.26. The maximum Gasteiger partial charge on any atom is 0.293 e. The molecule has 1 heterocycles. The molecule has 138 valence electrons. The number of carbonyl (C=O) groups is 1. The molecule has 6 heteroatoms. The van der Waals surface area contributed by atoms with Gasteiger partial charge in [-0.3, -0.25) is 4.79 Å². The van der Waals surface area contributed by atoms with E-state index in [0.29, 0.717) is 19.6 Å². The average Bonchev–Trinajstić information content (AvgIpc) is 2.99. The Balaban J connectivity index is 0.00000243. The maximum absolute atomic E-state index is 10.8. The summed E-state index contributed by atoms with van der Waals surface area (Å²) < 4.78 is 13.1. The summed E-state index contributed by atoms with van der Waals surface area (Å²) in [5.74, 6) is 0.747. The average molecular weight is 375 g/mol. The number of aryl methyl sites for hydroxylation is 1. The fourth-order valence-electron chi connectivity index (χ4n) is 3.16. The van der Waals surface area contributed by atoms with Crippen LogP contribution in [0.15, 0.2) is 48.7 Å². The van der Waals surface area contributed by atoms with Gasteiger partial charge in [0.2, 0.25) is 0 Å². The van der Waals surface area contributed by atoms with Gasteiger partial charge < -0.3 is 19.8 Å². The Kier molecular flexibility index (Phi) is 6.66. The molecule has 1 unspecified atom stereocenters. The number of halogens is 1. The third-order valence-electron chi connectivity index (χ3n) is 4.27. The van der Waals surface area contributed by atoms with Crippen LogP contribution in [0.5, 0.6) is 5.75 Å². The highest BCUT2D eigenvalue weighted by Gasteiger charge is 2.20. The molecule has 0 fully saturated rings. The standard InChI is InChI=1S/C20H22N2O3.ClH/c1-14(25-13-23)17-12-22(2)20-16(15-6-4-3-5-7-15)8-9-18(19(17)20)24-11-10-21;/h3-9,12-14H,10-11,21H2,1-2H3;1H. The number of fused-ring (bicyclic) bond motifs is 1. The molecule has 1 atom stereocenters. The van der Waals surface area contributed by atoms with Crippen molar-refractivity contribution in [1.29, 1.82) is 0 Å². The van der Waals surface area contributed by atoms with Crippen molar-refractivity contribution in [2.24, 2.45) is 12.8 Å². The van der Waals surface area contributed by atoms with Gasteiger partial charge in [0, 0.05) is 36.3 Å². The number of carbonyl (C=O) groups excluding carboxylic acids is 1. The van der Waals surface area contributed by atoms with Gasteiger partial charge in [-0.15, -0.1) is 12.4 Å². The SMILES string of the molecule is CC(OC=O)c1cn(C)c2c(-c3ccccc3)ccc(OCCN)c12.Cl. The third-order valence-corrected chi connectivity index (χ3v) is 4.27. The molecule has 2 aromatic carbocycles. The van der Waals surface area contributed by atoms with Crippen LogP contribution in [0.3, 0.4) is 0 Å². The Morgan fingerprint density at radius 1 is 1.19 bits per heavy atom. The molecule has 1 aromatic heterocycles. The second kappa shape index (κ2) is 8.74. The van der Waals surface area contributed by atoms with Gasteiger partial charge in [0.25, 0.3) is 6.47 Å². The van der Waals surface area contributed by atoms with Crippen molar-refractivity contribution >= 4 is 29.8 Å². The number of ether oxygens (including phenoxy) is 2. The van der Waals surface area contributed by atoms with Crippen LogP contribution in [0.4, 0.5) is 0 Å². The van der Waals surface area contributed by atoms with Gasteiger partial charge >= 0.3 is 0 Å². The molecule has 0 bridgehead atoms. The van der Waals surface area contributed by atoms with Gasteiger partial charge in [-0.2, -0.15) is 0 Å². The monoisotopic (exact) mass is 374 g/mol. The largest absolute Gasteiger partial charge is 0.492 e. The lowest BCUT2D eigenvalue weighted by Gasteiger charge is -2.14. The van der Waals surface area contributed by atoms with Crippen molar-refractivity contribution in [3.8, 4) is 16.9 Å². The van der Waals surface area contributed by atoms with E-state index in [4.69, 9.17) is 15.2 Å². The zero-order valence-electron chi connectivity index (χ0n) is 14.8. The Bertz CT molecular complexity index is 878.